The molecule has 0 saturated carbocycles. The molecule has 70 valence electrons. The van der Waals surface area contributed by atoms with Crippen LogP contribution < -0.4 is 0 Å². The number of rotatable bonds is 1. The normalized spacial score (nSPS) is 13.0. The smallest absolute Gasteiger partial charge is 0.244 e. The highest BCUT2D eigenvalue weighted by Crippen LogP contribution is 2.14. The lowest BCUT2D eigenvalue weighted by atomic mass is 10.1. The van der Waals surface area contributed by atoms with Crippen molar-refractivity contribution < 1.29 is 4.86 Å². The van der Waals surface area contributed by atoms with Gasteiger partial charge < -0.3 is 5.21 Å². The third kappa shape index (κ3) is 3.23. The second-order valence-corrected chi connectivity index (χ2v) is 3.88. The van der Waals surface area contributed by atoms with Crippen LogP contribution >= 0.6 is 0 Å². The van der Waals surface area contributed by atoms with Crippen molar-refractivity contribution in [3.8, 4) is 0 Å². The van der Waals surface area contributed by atoms with Gasteiger partial charge in [-0.25, -0.2) is 0 Å². The van der Waals surface area contributed by atoms with Gasteiger partial charge in [-0.1, -0.05) is 23.1 Å². The van der Waals surface area contributed by atoms with E-state index in [2.05, 4.69) is 5.11 Å². The number of nitrogens with zero attached hydrogens (tertiary/aromatic N) is 2. The van der Waals surface area contributed by atoms with Crippen molar-refractivity contribution in [1.82, 2.24) is 0 Å². The lowest BCUT2D eigenvalue weighted by Crippen LogP contribution is -2.12. The summed E-state index contributed by atoms with van der Waals surface area (Å²) in [6.07, 6.45) is 0. The highest BCUT2D eigenvalue weighted by Gasteiger charge is 2.14. The summed E-state index contributed by atoms with van der Waals surface area (Å²) < 4.78 is 0. The molecule has 0 aliphatic carbocycles. The second kappa shape index (κ2) is 3.56. The van der Waals surface area contributed by atoms with Crippen molar-refractivity contribution in [3.63, 3.8) is 0 Å². The van der Waals surface area contributed by atoms with Crippen molar-refractivity contribution >= 4 is 5.69 Å². The Morgan fingerprint density at radius 2 is 1.69 bits per heavy atom. The van der Waals surface area contributed by atoms with Gasteiger partial charge >= 0.3 is 0 Å². The van der Waals surface area contributed by atoms with E-state index in [9.17, 15) is 5.21 Å². The van der Waals surface area contributed by atoms with Gasteiger partial charge in [0.2, 0.25) is 5.69 Å². The summed E-state index contributed by atoms with van der Waals surface area (Å²) in [5.74, 6) is 0. The van der Waals surface area contributed by atoms with E-state index < -0.39 is 0 Å². The van der Waals surface area contributed by atoms with Crippen LogP contribution in [0, 0.1) is 5.21 Å². The molecule has 0 bridgehead atoms. The molecule has 0 aromatic heterocycles. The van der Waals surface area contributed by atoms with Crippen molar-refractivity contribution in [2.75, 3.05) is 0 Å². The number of hydrogen-bond donors (Lipinski definition) is 0. The molecule has 0 saturated heterocycles. The van der Waals surface area contributed by atoms with Crippen molar-refractivity contribution in [1.29, 1.82) is 0 Å². The molecule has 0 fully saturated rings. The predicted octanol–water partition coefficient (Wildman–Crippen LogP) is 3.08. The van der Waals surface area contributed by atoms with E-state index in [-0.39, 0.29) is 5.54 Å². The summed E-state index contributed by atoms with van der Waals surface area (Å²) in [5, 5.41) is 15.4. The van der Waals surface area contributed by atoms with Crippen LogP contribution in [0.2, 0.25) is 0 Å². The molecule has 0 atom stereocenters. The molecule has 1 aromatic rings. The molecule has 1 aromatic carbocycles. The summed E-state index contributed by atoms with van der Waals surface area (Å²) in [4.78, 5) is 0.667. The van der Waals surface area contributed by atoms with Crippen LogP contribution in [0.4, 0.5) is 5.69 Å². The first-order chi connectivity index (χ1) is 5.99. The number of para-hydroxylation sites is 1. The molecule has 0 aliphatic heterocycles. The van der Waals surface area contributed by atoms with Crippen LogP contribution in [0.25, 0.3) is 0 Å². The molecule has 3 heteroatoms. The van der Waals surface area contributed by atoms with Crippen LogP contribution in [0.3, 0.4) is 0 Å². The van der Waals surface area contributed by atoms with Gasteiger partial charge in [-0.3, -0.25) is 0 Å². The van der Waals surface area contributed by atoms with E-state index >= 15 is 0 Å². The summed E-state index contributed by atoms with van der Waals surface area (Å²) in [6.45, 7) is 5.67. The highest BCUT2D eigenvalue weighted by molar-refractivity contribution is 5.27. The van der Waals surface area contributed by atoms with Crippen LogP contribution in [0.5, 0.6) is 0 Å². The quantitative estimate of drug-likeness (QED) is 0.370. The Bertz CT molecular complexity index is 298. The van der Waals surface area contributed by atoms with Crippen molar-refractivity contribution in [2.45, 2.75) is 26.3 Å². The first-order valence-corrected chi connectivity index (χ1v) is 4.24. The van der Waals surface area contributed by atoms with E-state index in [0.717, 1.165) is 0 Å². The number of hydrogen-bond acceptors (Lipinski definition) is 2. The van der Waals surface area contributed by atoms with Crippen LogP contribution in [0.15, 0.2) is 35.4 Å². The molecule has 0 radical (unpaired) electrons. The monoisotopic (exact) mass is 178 g/mol. The molecule has 0 unspecified atom stereocenters. The van der Waals surface area contributed by atoms with Gasteiger partial charge in [-0.2, -0.15) is 0 Å². The summed E-state index contributed by atoms with van der Waals surface area (Å²) in [5.41, 5.74) is 0.231. The Morgan fingerprint density at radius 3 is 2.15 bits per heavy atom. The van der Waals surface area contributed by atoms with Crippen LogP contribution in [-0.2, 0) is 0 Å². The minimum atomic E-state index is -0.336. The van der Waals surface area contributed by atoms with E-state index in [4.69, 9.17) is 0 Å². The topological polar surface area (TPSA) is 38.4 Å². The Hall–Kier alpha value is -1.38. The maximum Gasteiger partial charge on any atom is 0.244 e. The standard InChI is InChI=1S/C10H14N2O/c1-10(2,3)11-12(13)9-7-5-4-6-8-9/h4-8H,1-3H3. The van der Waals surface area contributed by atoms with Gasteiger partial charge in [-0.15, -0.1) is 0 Å². The molecule has 0 amide bonds. The largest absolute Gasteiger partial charge is 0.594 e. The second-order valence-electron chi connectivity index (χ2n) is 3.88. The fourth-order valence-corrected chi connectivity index (χ4v) is 0.886. The van der Waals surface area contributed by atoms with Gasteiger partial charge in [0.25, 0.3) is 0 Å². The Morgan fingerprint density at radius 1 is 1.15 bits per heavy atom. The maximum absolute atomic E-state index is 11.4. The molecule has 0 heterocycles. The third-order valence-corrected chi connectivity index (χ3v) is 1.37. The zero-order chi connectivity index (χ0) is 9.90. The van der Waals surface area contributed by atoms with Crippen LogP contribution in [-0.4, -0.2) is 10.4 Å². The minimum absolute atomic E-state index is 0.336. The fourth-order valence-electron chi connectivity index (χ4n) is 0.886. The van der Waals surface area contributed by atoms with Gasteiger partial charge in [0.05, 0.1) is 0 Å². The van der Waals surface area contributed by atoms with E-state index in [1.165, 1.54) is 0 Å². The average Bonchev–Trinajstić information content (AvgIpc) is 2.03. The summed E-state index contributed by atoms with van der Waals surface area (Å²) in [7, 11) is 0. The third-order valence-electron chi connectivity index (χ3n) is 1.37. The molecule has 0 N–H and O–H groups in total. The van der Waals surface area contributed by atoms with Gasteiger partial charge in [0.15, 0.2) is 0 Å². The average molecular weight is 178 g/mol. The first kappa shape index (κ1) is 9.71. The lowest BCUT2D eigenvalue weighted by molar-refractivity contribution is -0.449. The Kier molecular flexibility index (Phi) is 2.66. The fraction of sp³-hybridized carbons (Fsp3) is 0.400. The predicted molar refractivity (Wildman–Crippen MR) is 51.9 cm³/mol. The number of azo groups is 1. The highest BCUT2D eigenvalue weighted by atomic mass is 16.5. The zero-order valence-electron chi connectivity index (χ0n) is 8.19. The van der Waals surface area contributed by atoms with E-state index in [1.807, 2.05) is 39.0 Å². The van der Waals surface area contributed by atoms with Gasteiger partial charge in [-0.05, 0) is 25.9 Å². The van der Waals surface area contributed by atoms with Crippen LogP contribution in [0.1, 0.15) is 20.8 Å². The molecule has 0 aliphatic rings. The first-order valence-electron chi connectivity index (χ1n) is 4.24. The molecule has 0 spiro atoms. The minimum Gasteiger partial charge on any atom is -0.594 e. The zero-order valence-corrected chi connectivity index (χ0v) is 8.19. The molecule has 3 nitrogen and oxygen atoms in total. The van der Waals surface area contributed by atoms with Gasteiger partial charge in [0.1, 0.15) is 5.54 Å². The van der Waals surface area contributed by atoms with Crippen molar-refractivity contribution in [2.24, 2.45) is 5.11 Å². The molecule has 1 rings (SSSR count). The SMILES string of the molecule is CC(C)(C)N=[N+]([O-])c1ccccc1. The van der Waals surface area contributed by atoms with E-state index in [0.29, 0.717) is 10.5 Å². The summed E-state index contributed by atoms with van der Waals surface area (Å²) >= 11 is 0. The molecule has 13 heavy (non-hydrogen) atoms. The molecular formula is C10H14N2O. The maximum atomic E-state index is 11.4. The molecular weight excluding hydrogens is 164 g/mol. The van der Waals surface area contributed by atoms with Gasteiger partial charge in [0, 0.05) is 12.1 Å². The number of benzene rings is 1. The summed E-state index contributed by atoms with van der Waals surface area (Å²) in [6, 6.07) is 8.98. The Labute approximate surface area is 78.3 Å². The lowest BCUT2D eigenvalue weighted by Gasteiger charge is -2.09. The van der Waals surface area contributed by atoms with E-state index in [1.54, 1.807) is 12.1 Å². The Balaban J connectivity index is 2.92. The van der Waals surface area contributed by atoms with Crippen molar-refractivity contribution in [3.05, 3.63) is 35.5 Å².